The van der Waals surface area contributed by atoms with Crippen molar-refractivity contribution in [1.82, 2.24) is 0 Å². The second-order valence-electron chi connectivity index (χ2n) is 2.57. The zero-order chi connectivity index (χ0) is 11.4. The number of nitrogens with one attached hydrogen (secondary N) is 1. The summed E-state index contributed by atoms with van der Waals surface area (Å²) < 4.78 is 25.9. The van der Waals surface area contributed by atoms with Gasteiger partial charge >= 0.3 is 0 Å². The summed E-state index contributed by atoms with van der Waals surface area (Å²) in [6.07, 6.45) is 4.89. The predicted octanol–water partition coefficient (Wildman–Crippen LogP) is 1.92. The molecule has 0 amide bonds. The molecule has 0 bridgehead atoms. The standard InChI is InChI=1S/C9H6F2N2O2/c1-2-5-12-9-7(13(14)15)4-3-6(10)8(9)11/h1,3-4,12H,5H2. The number of terminal acetylenes is 1. The number of hydrogen-bond acceptors (Lipinski definition) is 3. The third-order valence-corrected chi connectivity index (χ3v) is 1.64. The molecule has 0 unspecified atom stereocenters. The fourth-order valence-electron chi connectivity index (χ4n) is 1.00. The van der Waals surface area contributed by atoms with Gasteiger partial charge in [0, 0.05) is 6.07 Å². The molecule has 0 heterocycles. The van der Waals surface area contributed by atoms with E-state index in [0.717, 1.165) is 6.07 Å². The van der Waals surface area contributed by atoms with Crippen LogP contribution in [0.25, 0.3) is 0 Å². The molecule has 0 spiro atoms. The number of hydrogen-bond donors (Lipinski definition) is 1. The van der Waals surface area contributed by atoms with Crippen molar-refractivity contribution in [3.63, 3.8) is 0 Å². The molecule has 1 N–H and O–H groups in total. The molecule has 78 valence electrons. The normalized spacial score (nSPS) is 9.40. The van der Waals surface area contributed by atoms with Crippen molar-refractivity contribution < 1.29 is 13.7 Å². The fourth-order valence-corrected chi connectivity index (χ4v) is 1.00. The van der Waals surface area contributed by atoms with E-state index >= 15 is 0 Å². The Hall–Kier alpha value is -2.16. The van der Waals surface area contributed by atoms with Gasteiger partial charge in [-0.25, -0.2) is 8.78 Å². The summed E-state index contributed by atoms with van der Waals surface area (Å²) in [7, 11) is 0. The summed E-state index contributed by atoms with van der Waals surface area (Å²) in [5.74, 6) is -0.366. The molecular weight excluding hydrogens is 206 g/mol. The van der Waals surface area contributed by atoms with Crippen molar-refractivity contribution in [2.45, 2.75) is 0 Å². The van der Waals surface area contributed by atoms with Gasteiger partial charge < -0.3 is 5.32 Å². The lowest BCUT2D eigenvalue weighted by Gasteiger charge is -2.05. The first-order valence-corrected chi connectivity index (χ1v) is 3.87. The van der Waals surface area contributed by atoms with Crippen LogP contribution in [0, 0.1) is 34.1 Å². The summed E-state index contributed by atoms with van der Waals surface area (Å²) in [6.45, 7) is -0.124. The molecule has 0 aromatic heterocycles. The molecule has 0 radical (unpaired) electrons. The van der Waals surface area contributed by atoms with Crippen LogP contribution < -0.4 is 5.32 Å². The molecule has 0 saturated heterocycles. The summed E-state index contributed by atoms with van der Waals surface area (Å²) in [6, 6.07) is 1.56. The van der Waals surface area contributed by atoms with Crippen LogP contribution in [-0.4, -0.2) is 11.5 Å². The van der Waals surface area contributed by atoms with Crippen LogP contribution in [0.1, 0.15) is 0 Å². The van der Waals surface area contributed by atoms with Gasteiger partial charge in [0.15, 0.2) is 17.3 Å². The van der Waals surface area contributed by atoms with Gasteiger partial charge in [-0.1, -0.05) is 5.92 Å². The first-order chi connectivity index (χ1) is 7.07. The highest BCUT2D eigenvalue weighted by Crippen LogP contribution is 2.28. The van der Waals surface area contributed by atoms with E-state index in [1.54, 1.807) is 0 Å². The molecule has 0 atom stereocenters. The average Bonchev–Trinajstić information content (AvgIpc) is 2.19. The van der Waals surface area contributed by atoms with Crippen LogP contribution in [0.15, 0.2) is 12.1 Å². The maximum atomic E-state index is 13.1. The Morgan fingerprint density at radius 1 is 1.53 bits per heavy atom. The lowest BCUT2D eigenvalue weighted by molar-refractivity contribution is -0.384. The topological polar surface area (TPSA) is 55.2 Å². The maximum absolute atomic E-state index is 13.1. The average molecular weight is 212 g/mol. The zero-order valence-electron chi connectivity index (χ0n) is 7.46. The maximum Gasteiger partial charge on any atom is 0.295 e. The van der Waals surface area contributed by atoms with Crippen molar-refractivity contribution in [2.75, 3.05) is 11.9 Å². The number of nitro groups is 1. The van der Waals surface area contributed by atoms with Crippen molar-refractivity contribution in [2.24, 2.45) is 0 Å². The van der Waals surface area contributed by atoms with Gasteiger partial charge in [0.1, 0.15) is 0 Å². The van der Waals surface area contributed by atoms with E-state index in [0.29, 0.717) is 6.07 Å². The van der Waals surface area contributed by atoms with E-state index in [1.807, 2.05) is 0 Å². The number of halogens is 2. The van der Waals surface area contributed by atoms with Crippen LogP contribution in [0.5, 0.6) is 0 Å². The van der Waals surface area contributed by atoms with Gasteiger partial charge in [0.25, 0.3) is 5.69 Å². The molecule has 1 aromatic carbocycles. The van der Waals surface area contributed by atoms with Crippen LogP contribution in [0.4, 0.5) is 20.2 Å². The Labute approximate surface area is 84.1 Å². The predicted molar refractivity (Wildman–Crippen MR) is 50.3 cm³/mol. The fraction of sp³-hybridized carbons (Fsp3) is 0.111. The minimum Gasteiger partial charge on any atom is -0.366 e. The highest BCUT2D eigenvalue weighted by Gasteiger charge is 2.20. The molecule has 4 nitrogen and oxygen atoms in total. The quantitative estimate of drug-likeness (QED) is 0.473. The highest BCUT2D eigenvalue weighted by molar-refractivity contribution is 5.62. The van der Waals surface area contributed by atoms with Crippen molar-refractivity contribution in [3.8, 4) is 12.3 Å². The number of benzene rings is 1. The molecule has 1 aromatic rings. The van der Waals surface area contributed by atoms with E-state index in [4.69, 9.17) is 6.42 Å². The van der Waals surface area contributed by atoms with Gasteiger partial charge in [0.2, 0.25) is 0 Å². The number of anilines is 1. The summed E-state index contributed by atoms with van der Waals surface area (Å²) in [5, 5.41) is 12.7. The van der Waals surface area contributed by atoms with Crippen molar-refractivity contribution in [3.05, 3.63) is 33.9 Å². The SMILES string of the molecule is C#CCNc1c([N+](=O)[O-])ccc(F)c1F. The summed E-state index contributed by atoms with van der Waals surface area (Å²) >= 11 is 0. The molecule has 0 aliphatic rings. The molecule has 15 heavy (non-hydrogen) atoms. The van der Waals surface area contributed by atoms with Gasteiger partial charge in [0.05, 0.1) is 11.5 Å². The Balaban J connectivity index is 3.23. The Morgan fingerprint density at radius 3 is 2.73 bits per heavy atom. The molecule has 6 heteroatoms. The highest BCUT2D eigenvalue weighted by atomic mass is 19.2. The smallest absolute Gasteiger partial charge is 0.295 e. The number of nitrogens with zero attached hydrogens (tertiary/aromatic N) is 1. The summed E-state index contributed by atoms with van der Waals surface area (Å²) in [5.41, 5.74) is -1.08. The van der Waals surface area contributed by atoms with E-state index in [9.17, 15) is 18.9 Å². The van der Waals surface area contributed by atoms with Gasteiger partial charge in [-0.15, -0.1) is 6.42 Å². The molecule has 0 fully saturated rings. The minimum absolute atomic E-state index is 0.124. The Bertz CT molecular complexity index is 440. The van der Waals surface area contributed by atoms with Gasteiger partial charge in [-0.2, -0.15) is 0 Å². The van der Waals surface area contributed by atoms with Crippen molar-refractivity contribution in [1.29, 1.82) is 0 Å². The van der Waals surface area contributed by atoms with E-state index in [-0.39, 0.29) is 6.54 Å². The number of nitro benzene ring substituents is 1. The van der Waals surface area contributed by atoms with Gasteiger partial charge in [-0.05, 0) is 6.07 Å². The van der Waals surface area contributed by atoms with Crippen LogP contribution in [0.2, 0.25) is 0 Å². The van der Waals surface area contributed by atoms with E-state index < -0.39 is 27.9 Å². The van der Waals surface area contributed by atoms with E-state index in [2.05, 4.69) is 11.2 Å². The monoisotopic (exact) mass is 212 g/mol. The zero-order valence-corrected chi connectivity index (χ0v) is 7.46. The first-order valence-electron chi connectivity index (χ1n) is 3.87. The minimum atomic E-state index is -1.31. The molecule has 0 aliphatic carbocycles. The largest absolute Gasteiger partial charge is 0.366 e. The van der Waals surface area contributed by atoms with Crippen molar-refractivity contribution >= 4 is 11.4 Å². The molecule has 0 saturated carbocycles. The second-order valence-corrected chi connectivity index (χ2v) is 2.57. The number of rotatable bonds is 3. The van der Waals surface area contributed by atoms with Crippen LogP contribution >= 0.6 is 0 Å². The van der Waals surface area contributed by atoms with E-state index in [1.165, 1.54) is 0 Å². The Morgan fingerprint density at radius 2 is 2.20 bits per heavy atom. The third-order valence-electron chi connectivity index (χ3n) is 1.64. The van der Waals surface area contributed by atoms with Crippen LogP contribution in [0.3, 0.4) is 0 Å². The van der Waals surface area contributed by atoms with Crippen LogP contribution in [-0.2, 0) is 0 Å². The molecule has 0 aliphatic heterocycles. The summed E-state index contributed by atoms with van der Waals surface area (Å²) in [4.78, 5) is 9.66. The second kappa shape index (κ2) is 4.37. The molecule has 1 rings (SSSR count). The lowest BCUT2D eigenvalue weighted by atomic mass is 10.2. The Kier molecular flexibility index (Phi) is 3.18. The first kappa shape index (κ1) is 10.9. The lowest BCUT2D eigenvalue weighted by Crippen LogP contribution is -2.06. The molecular formula is C9H6F2N2O2. The van der Waals surface area contributed by atoms with Gasteiger partial charge in [-0.3, -0.25) is 10.1 Å². The third kappa shape index (κ3) is 2.20.